The van der Waals surface area contributed by atoms with Crippen LogP contribution in [-0.2, 0) is 17.6 Å². The van der Waals surface area contributed by atoms with Crippen molar-refractivity contribution in [2.45, 2.75) is 45.9 Å². The summed E-state index contributed by atoms with van der Waals surface area (Å²) in [5.41, 5.74) is 10.8. The molecular formula is C35H35Cl2F3N6O5. The lowest BCUT2D eigenvalue weighted by atomic mass is 9.86. The van der Waals surface area contributed by atoms with E-state index in [-0.39, 0.29) is 11.5 Å². The fourth-order valence-electron chi connectivity index (χ4n) is 5.98. The number of halogens is 5. The number of carbonyl (C=O) groups excluding carboxylic acids is 3. The summed E-state index contributed by atoms with van der Waals surface area (Å²) in [7, 11) is 1.59. The number of methoxy groups -OCH3 is 1. The number of fused-ring (bicyclic) bond motifs is 3. The van der Waals surface area contributed by atoms with Crippen molar-refractivity contribution in [1.29, 1.82) is 0 Å². The Morgan fingerprint density at radius 3 is 2.10 bits per heavy atom. The van der Waals surface area contributed by atoms with Gasteiger partial charge in [0.25, 0.3) is 5.91 Å². The molecule has 3 heterocycles. The molecule has 51 heavy (non-hydrogen) atoms. The number of benzene rings is 2. The van der Waals surface area contributed by atoms with E-state index in [0.717, 1.165) is 22.4 Å². The Balaban J connectivity index is 0.00000120. The van der Waals surface area contributed by atoms with Crippen LogP contribution in [0.25, 0.3) is 28.1 Å². The maximum atomic E-state index is 14.1. The number of nitrogens with zero attached hydrogens (tertiary/aromatic N) is 5. The highest BCUT2D eigenvalue weighted by molar-refractivity contribution is 6.34. The summed E-state index contributed by atoms with van der Waals surface area (Å²) in [5, 5.41) is 5.74. The Morgan fingerprint density at radius 1 is 0.882 bits per heavy atom. The highest BCUT2D eigenvalue weighted by Crippen LogP contribution is 2.43. The van der Waals surface area contributed by atoms with Crippen molar-refractivity contribution in [3.8, 4) is 33.8 Å². The number of aromatic nitrogens is 3. The number of alkyl halides is 3. The molecule has 1 aliphatic carbocycles. The third-order valence-electron chi connectivity index (χ3n) is 8.16. The standard InChI is InChI=1S/C34H34Cl2N6O5.CHF3/c1-34(2,3)47-33(45)41-9-7-40(8-10-41)32(44)29-25-6-5-19-12-28(46-4)26(20-11-21(31(37)43)18-38-17-20)16-27(19)30(25)42(39-29)24-14-22(35)13-23(36)15-24;2-1(3)4/h11-18H,5-10H2,1-4H3,(H2,37,43);1H. The first-order chi connectivity index (χ1) is 24.1. The minimum absolute atomic E-state index is 0.229. The van der Waals surface area contributed by atoms with Gasteiger partial charge in [0, 0.05) is 70.9 Å². The lowest BCUT2D eigenvalue weighted by Gasteiger charge is -2.35. The maximum absolute atomic E-state index is 14.1. The Morgan fingerprint density at radius 2 is 1.51 bits per heavy atom. The van der Waals surface area contributed by atoms with Crippen LogP contribution in [0.1, 0.15) is 52.7 Å². The molecule has 270 valence electrons. The lowest BCUT2D eigenvalue weighted by Crippen LogP contribution is -2.51. The first kappa shape index (κ1) is 37.4. The van der Waals surface area contributed by atoms with Gasteiger partial charge in [-0.3, -0.25) is 14.6 Å². The second-order valence-electron chi connectivity index (χ2n) is 12.8. The minimum atomic E-state index is -3.67. The van der Waals surface area contributed by atoms with Gasteiger partial charge in [-0.25, -0.2) is 9.48 Å². The number of nitrogens with two attached hydrogens (primary N) is 1. The highest BCUT2D eigenvalue weighted by Gasteiger charge is 2.34. The van der Waals surface area contributed by atoms with Crippen molar-refractivity contribution in [2.24, 2.45) is 5.73 Å². The molecule has 1 saturated heterocycles. The molecule has 2 N–H and O–H groups in total. The SMILES string of the molecule is COc1cc2c(cc1-c1cncc(C(N)=O)c1)-c1c(c(C(=O)N3CCN(C(=O)OC(C)(C)C)CC3)nn1-c1cc(Cl)cc(Cl)c1)CC2.FC(F)F. The van der Waals surface area contributed by atoms with Crippen molar-refractivity contribution in [2.75, 3.05) is 33.3 Å². The van der Waals surface area contributed by atoms with Crippen LogP contribution in [0, 0.1) is 0 Å². The summed E-state index contributed by atoms with van der Waals surface area (Å²) in [6.45, 7) is 3.17. The molecule has 2 aromatic carbocycles. The highest BCUT2D eigenvalue weighted by atomic mass is 35.5. The van der Waals surface area contributed by atoms with E-state index in [1.54, 1.807) is 52.1 Å². The monoisotopic (exact) mass is 746 g/mol. The average molecular weight is 748 g/mol. The first-order valence-electron chi connectivity index (χ1n) is 15.8. The van der Waals surface area contributed by atoms with E-state index in [0.29, 0.717) is 77.3 Å². The number of piperazine rings is 1. The molecule has 4 aromatic rings. The van der Waals surface area contributed by atoms with Crippen molar-refractivity contribution in [1.82, 2.24) is 24.6 Å². The van der Waals surface area contributed by atoms with Crippen molar-refractivity contribution >= 4 is 41.1 Å². The predicted octanol–water partition coefficient (Wildman–Crippen LogP) is 6.99. The van der Waals surface area contributed by atoms with Crippen molar-refractivity contribution in [3.05, 3.63) is 81.2 Å². The van der Waals surface area contributed by atoms with Crippen LogP contribution in [0.5, 0.6) is 5.75 Å². The zero-order valence-electron chi connectivity index (χ0n) is 28.2. The van der Waals surface area contributed by atoms with Gasteiger partial charge in [0.05, 0.1) is 24.1 Å². The molecule has 6 rings (SSSR count). The summed E-state index contributed by atoms with van der Waals surface area (Å²) in [6, 6.07) is 10.7. The summed E-state index contributed by atoms with van der Waals surface area (Å²) in [5.74, 6) is -0.219. The van der Waals surface area contributed by atoms with Gasteiger partial charge < -0.3 is 25.0 Å². The second kappa shape index (κ2) is 15.2. The third-order valence-corrected chi connectivity index (χ3v) is 8.59. The molecule has 0 radical (unpaired) electrons. The van der Waals surface area contributed by atoms with E-state index < -0.39 is 24.3 Å². The van der Waals surface area contributed by atoms with Crippen molar-refractivity contribution in [3.63, 3.8) is 0 Å². The summed E-state index contributed by atoms with van der Waals surface area (Å²) < 4.78 is 42.0. The molecule has 11 nitrogen and oxygen atoms in total. The largest absolute Gasteiger partial charge is 0.496 e. The van der Waals surface area contributed by atoms with Gasteiger partial charge in [-0.2, -0.15) is 18.3 Å². The summed E-state index contributed by atoms with van der Waals surface area (Å²) in [4.78, 5) is 46.3. The van der Waals surface area contributed by atoms with Crippen LogP contribution < -0.4 is 10.5 Å². The number of hydrogen-bond donors (Lipinski definition) is 1. The Labute approximate surface area is 302 Å². The number of primary amides is 1. The van der Waals surface area contributed by atoms with Crippen LogP contribution in [0.2, 0.25) is 10.0 Å². The summed E-state index contributed by atoms with van der Waals surface area (Å²) >= 11 is 12.9. The Bertz CT molecular complexity index is 1950. The molecule has 0 spiro atoms. The topological polar surface area (TPSA) is 133 Å². The fraction of sp³-hybridized carbons (Fsp3) is 0.343. The molecule has 2 aliphatic rings. The number of hydrogen-bond acceptors (Lipinski definition) is 7. The molecule has 3 amide bonds. The molecule has 0 saturated carbocycles. The number of carbonyl (C=O) groups is 3. The van der Waals surface area contributed by atoms with Gasteiger partial charge >= 0.3 is 12.8 Å². The molecular weight excluding hydrogens is 712 g/mol. The number of rotatable bonds is 5. The van der Waals surface area contributed by atoms with E-state index in [2.05, 4.69) is 4.98 Å². The number of aryl methyl sites for hydroxylation is 1. The summed E-state index contributed by atoms with van der Waals surface area (Å²) in [6.07, 6.45) is 3.84. The molecule has 1 fully saturated rings. The van der Waals surface area contributed by atoms with Gasteiger partial charge in [-0.15, -0.1) is 0 Å². The van der Waals surface area contributed by atoms with E-state index >= 15 is 0 Å². The number of pyridine rings is 1. The van der Waals surface area contributed by atoms with Crippen LogP contribution in [0.4, 0.5) is 18.0 Å². The zero-order valence-corrected chi connectivity index (χ0v) is 29.7. The maximum Gasteiger partial charge on any atom is 0.410 e. The Hall–Kier alpha value is -4.82. The normalized spacial score (nSPS) is 13.9. The van der Waals surface area contributed by atoms with Crippen molar-refractivity contribution < 1.29 is 37.0 Å². The molecule has 0 bridgehead atoms. The first-order valence-corrected chi connectivity index (χ1v) is 16.6. The second-order valence-corrected chi connectivity index (χ2v) is 13.6. The smallest absolute Gasteiger partial charge is 0.410 e. The van der Waals surface area contributed by atoms with Gasteiger partial charge in [0.15, 0.2) is 5.69 Å². The lowest BCUT2D eigenvalue weighted by molar-refractivity contribution is 0.00809. The molecule has 0 unspecified atom stereocenters. The van der Waals surface area contributed by atoms with Crippen LogP contribution >= 0.6 is 23.2 Å². The third kappa shape index (κ3) is 8.56. The number of ether oxygens (including phenoxy) is 2. The van der Waals surface area contributed by atoms with E-state index in [4.69, 9.17) is 43.5 Å². The molecule has 16 heteroatoms. The van der Waals surface area contributed by atoms with Crippen LogP contribution in [0.3, 0.4) is 0 Å². The average Bonchev–Trinajstić information content (AvgIpc) is 3.46. The number of amides is 3. The van der Waals surface area contributed by atoms with Crippen LogP contribution in [0.15, 0.2) is 48.8 Å². The predicted molar refractivity (Wildman–Crippen MR) is 186 cm³/mol. The van der Waals surface area contributed by atoms with Gasteiger partial charge in [0.1, 0.15) is 11.4 Å². The van der Waals surface area contributed by atoms with Gasteiger partial charge in [-0.05, 0) is 75.6 Å². The zero-order chi connectivity index (χ0) is 37.2. The van der Waals surface area contributed by atoms with Crippen LogP contribution in [-0.4, -0.2) is 88.0 Å². The minimum Gasteiger partial charge on any atom is -0.496 e. The van der Waals surface area contributed by atoms with E-state index in [1.165, 1.54) is 6.20 Å². The molecule has 0 atom stereocenters. The molecule has 1 aliphatic heterocycles. The van der Waals surface area contributed by atoms with E-state index in [9.17, 15) is 27.6 Å². The fourth-order valence-corrected chi connectivity index (χ4v) is 6.49. The van der Waals surface area contributed by atoms with Gasteiger partial charge in [-0.1, -0.05) is 23.2 Å². The van der Waals surface area contributed by atoms with E-state index in [1.807, 2.05) is 32.9 Å². The quantitative estimate of drug-likeness (QED) is 0.233. The van der Waals surface area contributed by atoms with Gasteiger partial charge in [0.2, 0.25) is 5.91 Å². The Kier molecular flexibility index (Phi) is 11.2. The molecule has 2 aromatic heterocycles.